The van der Waals surface area contributed by atoms with Crippen molar-refractivity contribution in [3.8, 4) is 5.88 Å². The summed E-state index contributed by atoms with van der Waals surface area (Å²) in [5, 5.41) is 8.12. The summed E-state index contributed by atoms with van der Waals surface area (Å²) in [6, 6.07) is 3.60. The van der Waals surface area contributed by atoms with Crippen molar-refractivity contribution in [3.63, 3.8) is 0 Å². The molecule has 2 aliphatic rings. The molecule has 3 rings (SSSR count). The molecule has 10 heteroatoms. The third kappa shape index (κ3) is 4.18. The van der Waals surface area contributed by atoms with Crippen LogP contribution in [0.5, 0.6) is 5.88 Å². The van der Waals surface area contributed by atoms with Crippen LogP contribution in [0, 0.1) is 0 Å². The first-order chi connectivity index (χ1) is 11.9. The first kappa shape index (κ1) is 17.9. The topological polar surface area (TPSA) is 78.9 Å². The normalized spacial score (nSPS) is 20.3. The number of thioether (sulfide) groups is 1. The van der Waals surface area contributed by atoms with Gasteiger partial charge in [-0.05, 0) is 6.07 Å². The molecule has 0 aromatic carbocycles. The van der Waals surface area contributed by atoms with Crippen LogP contribution in [0.3, 0.4) is 0 Å². The van der Waals surface area contributed by atoms with Crippen molar-refractivity contribution in [3.05, 3.63) is 12.1 Å². The first-order valence-corrected chi connectivity index (χ1v) is 9.26. The predicted octanol–water partition coefficient (Wildman–Crippen LogP) is 0.383. The average molecular weight is 381 g/mol. The largest absolute Gasteiger partial charge is 0.471 e. The lowest BCUT2D eigenvalue weighted by molar-refractivity contribution is -0.135. The van der Waals surface area contributed by atoms with Gasteiger partial charge < -0.3 is 14.5 Å². The van der Waals surface area contributed by atoms with E-state index in [1.54, 1.807) is 11.0 Å². The summed E-state index contributed by atoms with van der Waals surface area (Å²) in [5.74, 6) is 1.29. The van der Waals surface area contributed by atoms with E-state index in [4.69, 9.17) is 17.0 Å². The van der Waals surface area contributed by atoms with Crippen LogP contribution < -0.4 is 9.64 Å². The Morgan fingerprint density at radius 2 is 2.24 bits per heavy atom. The van der Waals surface area contributed by atoms with Crippen molar-refractivity contribution in [2.45, 2.75) is 12.5 Å². The van der Waals surface area contributed by atoms with E-state index >= 15 is 0 Å². The van der Waals surface area contributed by atoms with Crippen LogP contribution in [0.15, 0.2) is 12.1 Å². The number of carbonyl (C=O) groups excluding carboxylic acids is 2. The summed E-state index contributed by atoms with van der Waals surface area (Å²) in [6.07, 6.45) is 0.592. The van der Waals surface area contributed by atoms with Crippen molar-refractivity contribution in [1.29, 1.82) is 0 Å². The molecule has 0 aliphatic carbocycles. The fraction of sp³-hybridized carbons (Fsp3) is 0.533. The molecule has 2 aliphatic heterocycles. The van der Waals surface area contributed by atoms with Gasteiger partial charge in [-0.2, -0.15) is 0 Å². The Hall–Kier alpha value is -1.94. The van der Waals surface area contributed by atoms with E-state index in [9.17, 15) is 9.59 Å². The number of thiocarbonyl (C=S) groups is 1. The van der Waals surface area contributed by atoms with Crippen molar-refractivity contribution < 1.29 is 14.3 Å². The zero-order valence-corrected chi connectivity index (χ0v) is 15.7. The lowest BCUT2D eigenvalue weighted by Crippen LogP contribution is -2.41. The van der Waals surface area contributed by atoms with E-state index in [1.165, 1.54) is 16.7 Å². The van der Waals surface area contributed by atoms with Crippen LogP contribution in [-0.2, 0) is 9.59 Å². The van der Waals surface area contributed by atoms with E-state index in [0.717, 1.165) is 12.2 Å². The second kappa shape index (κ2) is 7.52. The Morgan fingerprint density at radius 3 is 2.84 bits per heavy atom. The molecule has 0 radical (unpaired) electrons. The molecule has 134 valence electrons. The first-order valence-electron chi connectivity index (χ1n) is 7.86. The van der Waals surface area contributed by atoms with Gasteiger partial charge in [0, 0.05) is 33.1 Å². The van der Waals surface area contributed by atoms with Gasteiger partial charge >= 0.3 is 0 Å². The van der Waals surface area contributed by atoms with Crippen LogP contribution in [0.25, 0.3) is 0 Å². The maximum absolute atomic E-state index is 12.4. The Kier molecular flexibility index (Phi) is 5.38. The van der Waals surface area contributed by atoms with Crippen molar-refractivity contribution >= 4 is 45.9 Å². The molecule has 25 heavy (non-hydrogen) atoms. The van der Waals surface area contributed by atoms with E-state index in [-0.39, 0.29) is 24.5 Å². The molecular weight excluding hydrogens is 362 g/mol. The summed E-state index contributed by atoms with van der Waals surface area (Å²) in [5.41, 5.74) is 0. The molecule has 8 nitrogen and oxygen atoms in total. The molecular formula is C15H19N5O3S2. The summed E-state index contributed by atoms with van der Waals surface area (Å²) in [7, 11) is 3.78. The lowest BCUT2D eigenvalue weighted by atomic mass is 10.3. The van der Waals surface area contributed by atoms with E-state index in [0.29, 0.717) is 29.0 Å². The number of anilines is 1. The molecule has 0 N–H and O–H groups in total. The fourth-order valence-electron chi connectivity index (χ4n) is 2.61. The minimum Gasteiger partial charge on any atom is -0.471 e. The highest BCUT2D eigenvalue weighted by molar-refractivity contribution is 8.23. The minimum absolute atomic E-state index is 0.00865. The van der Waals surface area contributed by atoms with Crippen LogP contribution in [-0.4, -0.2) is 81.7 Å². The number of hydrogen-bond acceptors (Lipinski definition) is 8. The zero-order chi connectivity index (χ0) is 18.0. The van der Waals surface area contributed by atoms with Crippen LogP contribution >= 0.6 is 24.0 Å². The Morgan fingerprint density at radius 1 is 1.44 bits per heavy atom. The third-order valence-electron chi connectivity index (χ3n) is 4.00. The Bertz CT molecular complexity index is 666. The SMILES string of the molecule is CN(C)c1ccc(OC2CCN(C(=O)CN3C(=O)CSC3=S)C2)nn1. The quantitative estimate of drug-likeness (QED) is 0.678. The summed E-state index contributed by atoms with van der Waals surface area (Å²) < 4.78 is 6.28. The van der Waals surface area contributed by atoms with E-state index < -0.39 is 0 Å². The maximum atomic E-state index is 12.4. The Balaban J connectivity index is 1.52. The number of amides is 2. The highest BCUT2D eigenvalue weighted by atomic mass is 32.2. The van der Waals surface area contributed by atoms with Crippen molar-refractivity contribution in [2.75, 3.05) is 44.4 Å². The van der Waals surface area contributed by atoms with Gasteiger partial charge in [0.15, 0.2) is 5.82 Å². The van der Waals surface area contributed by atoms with Gasteiger partial charge in [0.05, 0.1) is 12.3 Å². The minimum atomic E-state index is -0.126. The zero-order valence-electron chi connectivity index (χ0n) is 14.0. The summed E-state index contributed by atoms with van der Waals surface area (Å²) in [6.45, 7) is 1.07. The van der Waals surface area contributed by atoms with Crippen molar-refractivity contribution in [2.24, 2.45) is 0 Å². The lowest BCUT2D eigenvalue weighted by Gasteiger charge is -2.20. The molecule has 1 aromatic heterocycles. The Labute approximate surface area is 155 Å². The molecule has 2 saturated heterocycles. The van der Waals surface area contributed by atoms with Crippen LogP contribution in [0.1, 0.15) is 6.42 Å². The summed E-state index contributed by atoms with van der Waals surface area (Å²) in [4.78, 5) is 29.0. The number of ether oxygens (including phenoxy) is 1. The number of nitrogens with zero attached hydrogens (tertiary/aromatic N) is 5. The van der Waals surface area contributed by atoms with Crippen molar-refractivity contribution in [1.82, 2.24) is 20.0 Å². The number of aromatic nitrogens is 2. The number of rotatable bonds is 5. The van der Waals surface area contributed by atoms with Gasteiger partial charge in [0.25, 0.3) is 0 Å². The molecule has 2 amide bonds. The average Bonchev–Trinajstić information content (AvgIpc) is 3.17. The molecule has 1 unspecified atom stereocenters. The van der Waals surface area contributed by atoms with Gasteiger partial charge in [-0.25, -0.2) is 0 Å². The van der Waals surface area contributed by atoms with Gasteiger partial charge in [-0.15, -0.1) is 10.2 Å². The third-order valence-corrected chi connectivity index (χ3v) is 5.44. The van der Waals surface area contributed by atoms with Gasteiger partial charge in [0.1, 0.15) is 17.0 Å². The monoisotopic (exact) mass is 381 g/mol. The summed E-state index contributed by atoms with van der Waals surface area (Å²) >= 11 is 6.40. The molecule has 2 fully saturated rings. The fourth-order valence-corrected chi connectivity index (χ4v) is 3.67. The van der Waals surface area contributed by atoms with Crippen LogP contribution in [0.4, 0.5) is 5.82 Å². The van der Waals surface area contributed by atoms with E-state index in [2.05, 4.69) is 10.2 Å². The van der Waals surface area contributed by atoms with Gasteiger partial charge in [-0.1, -0.05) is 24.0 Å². The van der Waals surface area contributed by atoms with Gasteiger partial charge in [-0.3, -0.25) is 14.5 Å². The molecule has 0 bridgehead atoms. The number of hydrogen-bond donors (Lipinski definition) is 0. The van der Waals surface area contributed by atoms with Crippen LogP contribution in [0.2, 0.25) is 0 Å². The second-order valence-corrected chi connectivity index (χ2v) is 7.64. The molecule has 0 spiro atoms. The maximum Gasteiger partial charge on any atom is 0.242 e. The molecule has 1 aromatic rings. The van der Waals surface area contributed by atoms with E-state index in [1.807, 2.05) is 25.1 Å². The molecule has 1 atom stereocenters. The molecule has 3 heterocycles. The second-order valence-electron chi connectivity index (χ2n) is 6.03. The highest BCUT2D eigenvalue weighted by Crippen LogP contribution is 2.21. The predicted molar refractivity (Wildman–Crippen MR) is 98.7 cm³/mol. The standard InChI is InChI=1S/C15H19N5O3S2/c1-18(2)11-3-4-12(17-16-11)23-10-5-6-19(7-10)13(21)8-20-14(22)9-25-15(20)24/h3-4,10H,5-9H2,1-2H3. The smallest absolute Gasteiger partial charge is 0.242 e. The van der Waals surface area contributed by atoms with Gasteiger partial charge in [0.2, 0.25) is 17.7 Å². The number of carbonyl (C=O) groups is 2. The highest BCUT2D eigenvalue weighted by Gasteiger charge is 2.33. The number of likely N-dealkylation sites (tertiary alicyclic amines) is 1. The molecule has 0 saturated carbocycles.